The molecule has 0 saturated carbocycles. The summed E-state index contributed by atoms with van der Waals surface area (Å²) in [6.07, 6.45) is 1.77. The summed E-state index contributed by atoms with van der Waals surface area (Å²) in [5.74, 6) is 1.15. The second-order valence-electron chi connectivity index (χ2n) is 6.84. The molecule has 1 heterocycles. The summed E-state index contributed by atoms with van der Waals surface area (Å²) in [5, 5.41) is 3.48. The van der Waals surface area contributed by atoms with Crippen molar-refractivity contribution in [3.8, 4) is 28.4 Å². The number of carbonyl (C=O) groups is 1. The minimum atomic E-state index is -0.201. The number of H-pyrrole nitrogens is 1. The lowest BCUT2D eigenvalue weighted by molar-refractivity contribution is 0.102. The van der Waals surface area contributed by atoms with E-state index in [0.717, 1.165) is 16.8 Å². The van der Waals surface area contributed by atoms with E-state index in [1.54, 1.807) is 37.6 Å². The van der Waals surface area contributed by atoms with Crippen LogP contribution in [0.25, 0.3) is 22.6 Å². The summed E-state index contributed by atoms with van der Waals surface area (Å²) < 4.78 is 5.20. The molecule has 30 heavy (non-hydrogen) atoms. The van der Waals surface area contributed by atoms with Gasteiger partial charge < -0.3 is 15.0 Å². The first kappa shape index (κ1) is 19.7. The van der Waals surface area contributed by atoms with E-state index in [2.05, 4.69) is 15.3 Å². The Morgan fingerprint density at radius 3 is 2.60 bits per heavy atom. The smallest absolute Gasteiger partial charge is 0.255 e. The quantitative estimate of drug-likeness (QED) is 0.420. The first-order valence-corrected chi connectivity index (χ1v) is 9.79. The lowest BCUT2D eigenvalue weighted by Crippen LogP contribution is -2.13. The fourth-order valence-corrected chi connectivity index (χ4v) is 3.43. The van der Waals surface area contributed by atoms with Crippen molar-refractivity contribution in [2.75, 3.05) is 12.4 Å². The van der Waals surface area contributed by atoms with E-state index in [0.29, 0.717) is 33.4 Å². The summed E-state index contributed by atoms with van der Waals surface area (Å²) in [4.78, 5) is 20.5. The maximum Gasteiger partial charge on any atom is 0.255 e. The van der Waals surface area contributed by atoms with E-state index in [9.17, 15) is 4.79 Å². The van der Waals surface area contributed by atoms with Crippen molar-refractivity contribution < 1.29 is 9.53 Å². The molecule has 4 aromatic rings. The third-order valence-electron chi connectivity index (χ3n) is 4.82. The number of hydrogen-bond donors (Lipinski definition) is 2. The molecule has 3 aromatic carbocycles. The minimum Gasteiger partial charge on any atom is -0.497 e. The number of imidazole rings is 1. The predicted molar refractivity (Wildman–Crippen MR) is 120 cm³/mol. The molecule has 0 unspecified atom stereocenters. The van der Waals surface area contributed by atoms with Gasteiger partial charge in [0.05, 0.1) is 24.0 Å². The van der Waals surface area contributed by atoms with E-state index < -0.39 is 0 Å². The second kappa shape index (κ2) is 8.43. The molecule has 4 rings (SSSR count). The molecular weight excluding hydrogens is 398 g/mol. The maximum absolute atomic E-state index is 12.7. The summed E-state index contributed by atoms with van der Waals surface area (Å²) in [7, 11) is 1.60. The molecule has 2 N–H and O–H groups in total. The van der Waals surface area contributed by atoms with Crippen LogP contribution in [0.1, 0.15) is 15.9 Å². The van der Waals surface area contributed by atoms with E-state index >= 15 is 0 Å². The lowest BCUT2D eigenvalue weighted by atomic mass is 10.1. The van der Waals surface area contributed by atoms with E-state index in [1.807, 2.05) is 49.4 Å². The Bertz CT molecular complexity index is 1200. The standard InChI is InChI=1S/C24H20ClN3O2/c1-15-12-18(30-2)9-10-19(15)24(29)27-17-8-11-21(25)20(13-17)23-26-14-22(28-23)16-6-4-3-5-7-16/h3-14H,1-2H3,(H,26,28)(H,27,29). The zero-order chi connectivity index (χ0) is 21.1. The van der Waals surface area contributed by atoms with Gasteiger partial charge in [-0.05, 0) is 54.4 Å². The van der Waals surface area contributed by atoms with Gasteiger partial charge in [0.1, 0.15) is 11.6 Å². The Kier molecular flexibility index (Phi) is 5.55. The van der Waals surface area contributed by atoms with Gasteiger partial charge in [-0.3, -0.25) is 4.79 Å². The van der Waals surface area contributed by atoms with Crippen LogP contribution >= 0.6 is 11.6 Å². The summed E-state index contributed by atoms with van der Waals surface area (Å²) in [5.41, 5.74) is 4.68. The Morgan fingerprint density at radius 2 is 1.87 bits per heavy atom. The largest absolute Gasteiger partial charge is 0.497 e. The number of ether oxygens (including phenoxy) is 1. The summed E-state index contributed by atoms with van der Waals surface area (Å²) in [6, 6.07) is 20.6. The van der Waals surface area contributed by atoms with Gasteiger partial charge in [-0.1, -0.05) is 41.9 Å². The molecule has 0 radical (unpaired) electrons. The Hall–Kier alpha value is -3.57. The number of halogens is 1. The molecule has 0 aliphatic rings. The van der Waals surface area contributed by atoms with Crippen LogP contribution in [-0.2, 0) is 0 Å². The first-order chi connectivity index (χ1) is 14.5. The molecule has 0 bridgehead atoms. The third-order valence-corrected chi connectivity index (χ3v) is 5.15. The molecule has 0 aliphatic heterocycles. The molecule has 1 aromatic heterocycles. The van der Waals surface area contributed by atoms with Gasteiger partial charge in [0.2, 0.25) is 0 Å². The molecule has 1 amide bonds. The summed E-state index contributed by atoms with van der Waals surface area (Å²) >= 11 is 6.41. The molecule has 150 valence electrons. The van der Waals surface area contributed by atoms with Crippen LogP contribution in [0, 0.1) is 6.92 Å². The van der Waals surface area contributed by atoms with Crippen molar-refractivity contribution in [3.63, 3.8) is 0 Å². The molecule has 5 nitrogen and oxygen atoms in total. The fraction of sp³-hybridized carbons (Fsp3) is 0.0833. The van der Waals surface area contributed by atoms with Gasteiger partial charge in [-0.2, -0.15) is 0 Å². The molecule has 0 fully saturated rings. The molecule has 0 atom stereocenters. The zero-order valence-corrected chi connectivity index (χ0v) is 17.3. The molecule has 0 saturated heterocycles. The van der Waals surface area contributed by atoms with Crippen molar-refractivity contribution in [1.82, 2.24) is 9.97 Å². The molecular formula is C24H20ClN3O2. The highest BCUT2D eigenvalue weighted by Gasteiger charge is 2.14. The average Bonchev–Trinajstić information content (AvgIpc) is 3.25. The van der Waals surface area contributed by atoms with Crippen LogP contribution in [0.2, 0.25) is 5.02 Å². The fourth-order valence-electron chi connectivity index (χ4n) is 3.22. The van der Waals surface area contributed by atoms with Crippen LogP contribution in [0.4, 0.5) is 5.69 Å². The van der Waals surface area contributed by atoms with Gasteiger partial charge >= 0.3 is 0 Å². The highest BCUT2D eigenvalue weighted by molar-refractivity contribution is 6.33. The van der Waals surface area contributed by atoms with Gasteiger partial charge in [-0.25, -0.2) is 4.98 Å². The highest BCUT2D eigenvalue weighted by Crippen LogP contribution is 2.30. The Labute approximate surface area is 179 Å². The van der Waals surface area contributed by atoms with Crippen LogP contribution in [0.15, 0.2) is 72.9 Å². The highest BCUT2D eigenvalue weighted by atomic mass is 35.5. The normalized spacial score (nSPS) is 10.6. The number of aromatic nitrogens is 2. The summed E-state index contributed by atoms with van der Waals surface area (Å²) in [6.45, 7) is 1.87. The number of anilines is 1. The number of nitrogens with one attached hydrogen (secondary N) is 2. The number of rotatable bonds is 5. The van der Waals surface area contributed by atoms with Gasteiger partial charge in [0.25, 0.3) is 5.91 Å². The molecule has 0 aliphatic carbocycles. The number of aryl methyl sites for hydroxylation is 1. The van der Waals surface area contributed by atoms with E-state index in [1.165, 1.54) is 0 Å². The van der Waals surface area contributed by atoms with E-state index in [4.69, 9.17) is 16.3 Å². The second-order valence-corrected chi connectivity index (χ2v) is 7.25. The number of amides is 1. The number of aromatic amines is 1. The Balaban J connectivity index is 1.60. The van der Waals surface area contributed by atoms with Crippen LogP contribution in [0.5, 0.6) is 5.75 Å². The number of nitrogens with zero attached hydrogens (tertiary/aromatic N) is 1. The predicted octanol–water partition coefficient (Wildman–Crippen LogP) is 5.97. The number of benzene rings is 3. The van der Waals surface area contributed by atoms with Crippen LogP contribution in [-0.4, -0.2) is 23.0 Å². The number of hydrogen-bond acceptors (Lipinski definition) is 3. The first-order valence-electron chi connectivity index (χ1n) is 9.41. The van der Waals surface area contributed by atoms with Gasteiger partial charge in [0, 0.05) is 16.8 Å². The number of carbonyl (C=O) groups excluding carboxylic acids is 1. The van der Waals surface area contributed by atoms with Crippen molar-refractivity contribution in [1.29, 1.82) is 0 Å². The minimum absolute atomic E-state index is 0.201. The van der Waals surface area contributed by atoms with Crippen molar-refractivity contribution in [2.45, 2.75) is 6.92 Å². The SMILES string of the molecule is COc1ccc(C(=O)Nc2ccc(Cl)c(-c3ncc(-c4ccccc4)[nH]3)c2)c(C)c1. The van der Waals surface area contributed by atoms with Crippen LogP contribution in [0.3, 0.4) is 0 Å². The monoisotopic (exact) mass is 417 g/mol. The van der Waals surface area contributed by atoms with Crippen molar-refractivity contribution in [2.24, 2.45) is 0 Å². The third kappa shape index (κ3) is 4.07. The topological polar surface area (TPSA) is 67.0 Å². The van der Waals surface area contributed by atoms with Crippen molar-refractivity contribution in [3.05, 3.63) is 89.1 Å². The van der Waals surface area contributed by atoms with Crippen molar-refractivity contribution >= 4 is 23.2 Å². The lowest BCUT2D eigenvalue weighted by Gasteiger charge is -2.11. The van der Waals surface area contributed by atoms with E-state index in [-0.39, 0.29) is 5.91 Å². The number of methoxy groups -OCH3 is 1. The maximum atomic E-state index is 12.7. The van der Waals surface area contributed by atoms with Gasteiger partial charge in [0.15, 0.2) is 0 Å². The molecule has 6 heteroatoms. The molecule has 0 spiro atoms. The average molecular weight is 418 g/mol. The zero-order valence-electron chi connectivity index (χ0n) is 16.6. The van der Waals surface area contributed by atoms with Gasteiger partial charge in [-0.15, -0.1) is 0 Å². The Morgan fingerprint density at radius 1 is 1.07 bits per heavy atom. The van der Waals surface area contributed by atoms with Crippen LogP contribution < -0.4 is 10.1 Å².